The van der Waals surface area contributed by atoms with Crippen molar-refractivity contribution in [2.75, 3.05) is 12.4 Å². The van der Waals surface area contributed by atoms with Crippen LogP contribution in [-0.4, -0.2) is 41.5 Å². The molecule has 0 fully saturated rings. The monoisotopic (exact) mass is 463 g/mol. The van der Waals surface area contributed by atoms with Crippen molar-refractivity contribution in [3.8, 4) is 12.3 Å². The lowest BCUT2D eigenvalue weighted by molar-refractivity contribution is -0.138. The molecule has 0 saturated carbocycles. The molecule has 2 atom stereocenters. The number of terminal acetylenes is 1. The van der Waals surface area contributed by atoms with Gasteiger partial charge in [0, 0.05) is 18.3 Å². The van der Waals surface area contributed by atoms with E-state index in [-0.39, 0.29) is 0 Å². The average Bonchev–Trinajstić information content (AvgIpc) is 2.74. The topological polar surface area (TPSA) is 87.7 Å². The molecule has 2 aromatic carbocycles. The van der Waals surface area contributed by atoms with E-state index in [0.29, 0.717) is 16.8 Å². The molecule has 2 aromatic rings. The van der Waals surface area contributed by atoms with Gasteiger partial charge in [0.25, 0.3) is 5.91 Å². The number of nitrogens with one attached hydrogen (secondary N) is 2. The number of hydrogen-bond acceptors (Lipinski definition) is 4. The summed E-state index contributed by atoms with van der Waals surface area (Å²) in [6.07, 6.45) is 4.97. The Labute approximate surface area is 201 Å². The minimum absolute atomic E-state index is 0.416. The van der Waals surface area contributed by atoms with Crippen LogP contribution in [0.1, 0.15) is 56.0 Å². The van der Waals surface area contributed by atoms with Crippen molar-refractivity contribution in [2.45, 2.75) is 59.2 Å². The highest BCUT2D eigenvalue weighted by molar-refractivity contribution is 6.00. The number of aryl methyl sites for hydroxylation is 2. The van der Waals surface area contributed by atoms with Crippen LogP contribution in [0.2, 0.25) is 0 Å². The molecule has 0 aliphatic rings. The molecule has 0 aromatic heterocycles. The predicted molar refractivity (Wildman–Crippen MR) is 133 cm³/mol. The fourth-order valence-corrected chi connectivity index (χ4v) is 3.57. The van der Waals surface area contributed by atoms with Crippen LogP contribution in [0.25, 0.3) is 0 Å². The number of likely N-dealkylation sites (N-methyl/N-ethyl adjacent to an activating group) is 1. The quantitative estimate of drug-likeness (QED) is 0.624. The Bertz CT molecular complexity index is 1090. The second-order valence-electron chi connectivity index (χ2n) is 9.21. The highest BCUT2D eigenvalue weighted by atomic mass is 16.6. The number of rotatable bonds is 6. The molecule has 7 nitrogen and oxygen atoms in total. The Balaban J connectivity index is 2.39. The van der Waals surface area contributed by atoms with E-state index in [1.165, 1.54) is 18.9 Å². The van der Waals surface area contributed by atoms with Crippen LogP contribution in [0.5, 0.6) is 0 Å². The third-order valence-electron chi connectivity index (χ3n) is 5.23. The lowest BCUT2D eigenvalue weighted by atomic mass is 9.97. The van der Waals surface area contributed by atoms with E-state index in [1.807, 2.05) is 32.0 Å². The highest BCUT2D eigenvalue weighted by Gasteiger charge is 2.33. The molecule has 0 heterocycles. The molecular weight excluding hydrogens is 430 g/mol. The maximum Gasteiger partial charge on any atom is 0.408 e. The zero-order valence-corrected chi connectivity index (χ0v) is 20.9. The van der Waals surface area contributed by atoms with Gasteiger partial charge in [-0.05, 0) is 64.3 Å². The summed E-state index contributed by atoms with van der Waals surface area (Å²) in [6.45, 7) is 10.5. The van der Waals surface area contributed by atoms with Gasteiger partial charge in [0.15, 0.2) is 0 Å². The van der Waals surface area contributed by atoms with Crippen LogP contribution < -0.4 is 10.6 Å². The first-order valence-corrected chi connectivity index (χ1v) is 11.0. The van der Waals surface area contributed by atoms with Gasteiger partial charge in [0.2, 0.25) is 5.91 Å². The standard InChI is InChI=1S/C27H33N3O4/c1-9-20-15-10-11-16-21(20)23(24(31)29-22-17(2)13-12-14-18(22)3)30(8)25(32)19(4)28-26(33)34-27(5,6)7/h1,10-16,19,23H,2-8H3,(H,28,33)(H,29,31). The van der Waals surface area contributed by atoms with Gasteiger partial charge < -0.3 is 20.3 Å². The summed E-state index contributed by atoms with van der Waals surface area (Å²) in [5.41, 5.74) is 2.76. The Morgan fingerprint density at radius 2 is 1.62 bits per heavy atom. The lowest BCUT2D eigenvalue weighted by Crippen LogP contribution is -2.49. The molecule has 0 bridgehead atoms. The largest absolute Gasteiger partial charge is 0.444 e. The third kappa shape index (κ3) is 6.61. The van der Waals surface area contributed by atoms with Crippen LogP contribution in [0.15, 0.2) is 42.5 Å². The minimum atomic E-state index is -1.03. The number of carbonyl (C=O) groups excluding carboxylic acids is 3. The van der Waals surface area contributed by atoms with Gasteiger partial charge in [-0.3, -0.25) is 9.59 Å². The third-order valence-corrected chi connectivity index (χ3v) is 5.23. The lowest BCUT2D eigenvalue weighted by Gasteiger charge is -2.31. The van der Waals surface area contributed by atoms with Crippen LogP contribution >= 0.6 is 0 Å². The van der Waals surface area contributed by atoms with Crippen molar-refractivity contribution >= 4 is 23.6 Å². The van der Waals surface area contributed by atoms with E-state index in [4.69, 9.17) is 11.2 Å². The first kappa shape index (κ1) is 26.5. The van der Waals surface area contributed by atoms with Crippen LogP contribution in [0.4, 0.5) is 10.5 Å². The van der Waals surface area contributed by atoms with E-state index >= 15 is 0 Å². The molecule has 2 N–H and O–H groups in total. The summed E-state index contributed by atoms with van der Waals surface area (Å²) in [4.78, 5) is 40.3. The number of carbonyl (C=O) groups is 3. The first-order valence-electron chi connectivity index (χ1n) is 11.0. The van der Waals surface area contributed by atoms with Gasteiger partial charge in [-0.15, -0.1) is 6.42 Å². The molecule has 2 unspecified atom stereocenters. The number of benzene rings is 2. The molecule has 3 amide bonds. The molecule has 0 saturated heterocycles. The maximum atomic E-state index is 13.6. The molecule has 7 heteroatoms. The second-order valence-corrected chi connectivity index (χ2v) is 9.21. The number of ether oxygens (including phenoxy) is 1. The molecule has 0 radical (unpaired) electrons. The zero-order valence-electron chi connectivity index (χ0n) is 20.9. The summed E-state index contributed by atoms with van der Waals surface area (Å²) in [7, 11) is 1.51. The SMILES string of the molecule is C#Cc1ccccc1C(C(=O)Nc1c(C)cccc1C)N(C)C(=O)C(C)NC(=O)OC(C)(C)C. The summed E-state index contributed by atoms with van der Waals surface area (Å²) >= 11 is 0. The van der Waals surface area contributed by atoms with Gasteiger partial charge in [-0.1, -0.05) is 42.3 Å². The van der Waals surface area contributed by atoms with Crippen LogP contribution in [0, 0.1) is 26.2 Å². The van der Waals surface area contributed by atoms with E-state index in [9.17, 15) is 14.4 Å². The zero-order chi connectivity index (χ0) is 25.6. The molecule has 34 heavy (non-hydrogen) atoms. The highest BCUT2D eigenvalue weighted by Crippen LogP contribution is 2.27. The fraction of sp³-hybridized carbons (Fsp3) is 0.370. The number of hydrogen-bond donors (Lipinski definition) is 2. The van der Waals surface area contributed by atoms with Crippen molar-refractivity contribution in [1.29, 1.82) is 0 Å². The van der Waals surface area contributed by atoms with Crippen molar-refractivity contribution in [3.05, 3.63) is 64.7 Å². The smallest absolute Gasteiger partial charge is 0.408 e. The van der Waals surface area contributed by atoms with Crippen molar-refractivity contribution in [2.24, 2.45) is 0 Å². The van der Waals surface area contributed by atoms with E-state index in [1.54, 1.807) is 45.0 Å². The van der Waals surface area contributed by atoms with Gasteiger partial charge in [0.05, 0.1) is 0 Å². The normalized spacial score (nSPS) is 12.6. The number of alkyl carbamates (subject to hydrolysis) is 1. The molecule has 180 valence electrons. The average molecular weight is 464 g/mol. The summed E-state index contributed by atoms with van der Waals surface area (Å²) in [6, 6.07) is 10.7. The Hall–Kier alpha value is -3.79. The fourth-order valence-electron chi connectivity index (χ4n) is 3.57. The Kier molecular flexibility index (Phi) is 8.47. The number of anilines is 1. The van der Waals surface area contributed by atoms with Crippen molar-refractivity contribution in [3.63, 3.8) is 0 Å². The maximum absolute atomic E-state index is 13.6. The van der Waals surface area contributed by atoms with Crippen molar-refractivity contribution < 1.29 is 19.1 Å². The summed E-state index contributed by atoms with van der Waals surface area (Å²) < 4.78 is 5.25. The van der Waals surface area contributed by atoms with Gasteiger partial charge in [-0.25, -0.2) is 4.79 Å². The second kappa shape index (κ2) is 10.9. The predicted octanol–water partition coefficient (Wildman–Crippen LogP) is 4.34. The molecule has 2 rings (SSSR count). The number of nitrogens with zero attached hydrogens (tertiary/aromatic N) is 1. The minimum Gasteiger partial charge on any atom is -0.444 e. The molecule has 0 aliphatic heterocycles. The Morgan fingerprint density at radius 3 is 2.18 bits per heavy atom. The van der Waals surface area contributed by atoms with Crippen molar-refractivity contribution in [1.82, 2.24) is 10.2 Å². The summed E-state index contributed by atoms with van der Waals surface area (Å²) in [5.74, 6) is 1.70. The first-order chi connectivity index (χ1) is 15.9. The van der Waals surface area contributed by atoms with Crippen LogP contribution in [-0.2, 0) is 14.3 Å². The summed E-state index contributed by atoms with van der Waals surface area (Å²) in [5, 5.41) is 5.50. The van der Waals surface area contributed by atoms with Crippen LogP contribution in [0.3, 0.4) is 0 Å². The Morgan fingerprint density at radius 1 is 1.03 bits per heavy atom. The molecule has 0 aliphatic carbocycles. The van der Waals surface area contributed by atoms with E-state index in [0.717, 1.165) is 11.1 Å². The number of amides is 3. The molecule has 0 spiro atoms. The number of para-hydroxylation sites is 1. The molecular formula is C27H33N3O4. The van der Waals surface area contributed by atoms with E-state index in [2.05, 4.69) is 16.6 Å². The van der Waals surface area contributed by atoms with Gasteiger partial charge >= 0.3 is 6.09 Å². The van der Waals surface area contributed by atoms with Gasteiger partial charge in [0.1, 0.15) is 17.7 Å². The van der Waals surface area contributed by atoms with E-state index < -0.39 is 35.6 Å². The van der Waals surface area contributed by atoms with Gasteiger partial charge in [-0.2, -0.15) is 0 Å².